The van der Waals surface area contributed by atoms with Crippen molar-refractivity contribution in [3.63, 3.8) is 0 Å². The number of ether oxygens (including phenoxy) is 1. The molecule has 20 heavy (non-hydrogen) atoms. The Bertz CT molecular complexity index is 481. The number of likely N-dealkylation sites (N-methyl/N-ethyl adjacent to an activating group) is 1. The molecule has 1 aromatic rings. The molecule has 1 saturated heterocycles. The van der Waals surface area contributed by atoms with Crippen molar-refractivity contribution in [2.24, 2.45) is 0 Å². The van der Waals surface area contributed by atoms with Gasteiger partial charge in [0.1, 0.15) is 6.04 Å². The van der Waals surface area contributed by atoms with Gasteiger partial charge < -0.3 is 20.1 Å². The minimum atomic E-state index is -0.319. The maximum Gasteiger partial charge on any atom is 0.245 e. The van der Waals surface area contributed by atoms with E-state index in [-0.39, 0.29) is 18.6 Å². The highest BCUT2D eigenvalue weighted by atomic mass is 79.9. The largest absolute Gasteiger partial charge is 0.392 e. The number of carbonyl (C=O) groups is 1. The predicted molar refractivity (Wildman–Crippen MR) is 80.7 cm³/mol. The molecule has 0 bridgehead atoms. The Morgan fingerprint density at radius 1 is 1.60 bits per heavy atom. The number of amides is 1. The van der Waals surface area contributed by atoms with Crippen LogP contribution in [0.15, 0.2) is 22.7 Å². The fourth-order valence-electron chi connectivity index (χ4n) is 2.28. The Hall–Kier alpha value is -1.11. The zero-order valence-electron chi connectivity index (χ0n) is 11.4. The van der Waals surface area contributed by atoms with E-state index in [1.54, 1.807) is 0 Å². The first-order chi connectivity index (χ1) is 9.67. The van der Waals surface area contributed by atoms with Crippen LogP contribution in [0.25, 0.3) is 0 Å². The van der Waals surface area contributed by atoms with Gasteiger partial charge in [0.15, 0.2) is 0 Å². The Morgan fingerprint density at radius 2 is 2.40 bits per heavy atom. The lowest BCUT2D eigenvalue weighted by Crippen LogP contribution is -2.54. The summed E-state index contributed by atoms with van der Waals surface area (Å²) >= 11 is 3.51. The number of hydrogen-bond donors (Lipinski definition) is 2. The molecule has 0 spiro atoms. The molecule has 2 rings (SSSR count). The SMILES string of the molecule is CCNC(=O)C1COCCN1c1ccc(CO)cc1Br. The molecule has 2 N–H and O–H groups in total. The van der Waals surface area contributed by atoms with Crippen LogP contribution in [-0.4, -0.2) is 43.4 Å². The van der Waals surface area contributed by atoms with Crippen molar-refractivity contribution < 1.29 is 14.6 Å². The summed E-state index contributed by atoms with van der Waals surface area (Å²) in [6, 6.07) is 5.34. The normalized spacial score (nSPS) is 18.9. The Morgan fingerprint density at radius 3 is 3.05 bits per heavy atom. The first-order valence-electron chi connectivity index (χ1n) is 6.68. The molecule has 1 heterocycles. The minimum absolute atomic E-state index is 0.00173. The number of rotatable bonds is 4. The summed E-state index contributed by atoms with van der Waals surface area (Å²) in [7, 11) is 0. The first-order valence-corrected chi connectivity index (χ1v) is 7.48. The van der Waals surface area contributed by atoms with Crippen LogP contribution in [-0.2, 0) is 16.1 Å². The van der Waals surface area contributed by atoms with Crippen molar-refractivity contribution in [1.29, 1.82) is 0 Å². The summed E-state index contributed by atoms with van der Waals surface area (Å²) in [6.45, 7) is 4.16. The molecule has 0 aromatic heterocycles. The van der Waals surface area contributed by atoms with E-state index in [9.17, 15) is 4.79 Å². The number of benzene rings is 1. The van der Waals surface area contributed by atoms with Gasteiger partial charge >= 0.3 is 0 Å². The molecule has 5 nitrogen and oxygen atoms in total. The van der Waals surface area contributed by atoms with E-state index in [1.165, 1.54) is 0 Å². The Kier molecular flexibility index (Phi) is 5.39. The summed E-state index contributed by atoms with van der Waals surface area (Å²) in [5.74, 6) is -0.0228. The second kappa shape index (κ2) is 7.06. The first kappa shape index (κ1) is 15.3. The van der Waals surface area contributed by atoms with Gasteiger partial charge in [-0.3, -0.25) is 4.79 Å². The Balaban J connectivity index is 2.25. The average molecular weight is 343 g/mol. The highest BCUT2D eigenvalue weighted by Crippen LogP contribution is 2.30. The molecule has 1 atom stereocenters. The van der Waals surface area contributed by atoms with Crippen LogP contribution >= 0.6 is 15.9 Å². The van der Waals surface area contributed by atoms with E-state index in [4.69, 9.17) is 9.84 Å². The molecule has 1 aliphatic heterocycles. The third kappa shape index (κ3) is 3.31. The topological polar surface area (TPSA) is 61.8 Å². The molecule has 1 fully saturated rings. The lowest BCUT2D eigenvalue weighted by Gasteiger charge is -2.36. The van der Waals surface area contributed by atoms with Crippen LogP contribution in [0.4, 0.5) is 5.69 Å². The number of anilines is 1. The maximum absolute atomic E-state index is 12.1. The molecule has 1 unspecified atom stereocenters. The van der Waals surface area contributed by atoms with Crippen molar-refractivity contribution in [1.82, 2.24) is 5.32 Å². The van der Waals surface area contributed by atoms with Crippen molar-refractivity contribution >= 4 is 27.5 Å². The predicted octanol–water partition coefficient (Wildman–Crippen LogP) is 1.28. The monoisotopic (exact) mass is 342 g/mol. The lowest BCUT2D eigenvalue weighted by molar-refractivity contribution is -0.124. The third-order valence-electron chi connectivity index (χ3n) is 3.29. The maximum atomic E-state index is 12.1. The van der Waals surface area contributed by atoms with Gasteiger partial charge in [0.05, 0.1) is 25.5 Å². The highest BCUT2D eigenvalue weighted by Gasteiger charge is 2.30. The zero-order valence-corrected chi connectivity index (χ0v) is 13.0. The van der Waals surface area contributed by atoms with Gasteiger partial charge in [-0.25, -0.2) is 0 Å². The summed E-state index contributed by atoms with van der Waals surface area (Å²) in [5, 5.41) is 12.0. The fraction of sp³-hybridized carbons (Fsp3) is 0.500. The number of hydrogen-bond acceptors (Lipinski definition) is 4. The summed E-state index contributed by atoms with van der Waals surface area (Å²) in [4.78, 5) is 14.2. The van der Waals surface area contributed by atoms with Crippen LogP contribution in [0.3, 0.4) is 0 Å². The second-order valence-corrected chi connectivity index (χ2v) is 5.48. The molecule has 1 amide bonds. The average Bonchev–Trinajstić information content (AvgIpc) is 2.47. The quantitative estimate of drug-likeness (QED) is 0.865. The zero-order chi connectivity index (χ0) is 14.5. The number of aliphatic hydroxyl groups is 1. The molecule has 0 aliphatic carbocycles. The van der Waals surface area contributed by atoms with Crippen LogP contribution < -0.4 is 10.2 Å². The van der Waals surface area contributed by atoms with E-state index in [2.05, 4.69) is 21.2 Å². The van der Waals surface area contributed by atoms with Crippen LogP contribution in [0.5, 0.6) is 0 Å². The van der Waals surface area contributed by atoms with Crippen molar-refractivity contribution in [3.05, 3.63) is 28.2 Å². The van der Waals surface area contributed by atoms with E-state index in [1.807, 2.05) is 30.0 Å². The van der Waals surface area contributed by atoms with E-state index in [0.29, 0.717) is 26.3 Å². The second-order valence-electron chi connectivity index (χ2n) is 4.62. The summed E-state index contributed by atoms with van der Waals surface area (Å²) in [5.41, 5.74) is 1.78. The molecule has 110 valence electrons. The summed E-state index contributed by atoms with van der Waals surface area (Å²) < 4.78 is 6.30. The van der Waals surface area contributed by atoms with Gasteiger partial charge in [-0.15, -0.1) is 0 Å². The van der Waals surface area contributed by atoms with Crippen LogP contribution in [0.1, 0.15) is 12.5 Å². The molecule has 0 radical (unpaired) electrons. The van der Waals surface area contributed by atoms with Crippen molar-refractivity contribution in [2.45, 2.75) is 19.6 Å². The molecule has 1 aromatic carbocycles. The Labute approximate surface area is 127 Å². The van der Waals surface area contributed by atoms with Crippen molar-refractivity contribution in [2.75, 3.05) is 31.2 Å². The van der Waals surface area contributed by atoms with E-state index >= 15 is 0 Å². The van der Waals surface area contributed by atoms with Gasteiger partial charge in [0, 0.05) is 17.6 Å². The van der Waals surface area contributed by atoms with Gasteiger partial charge in [-0.1, -0.05) is 6.07 Å². The van der Waals surface area contributed by atoms with Crippen molar-refractivity contribution in [3.8, 4) is 0 Å². The van der Waals surface area contributed by atoms with Gasteiger partial charge in [0.25, 0.3) is 0 Å². The highest BCUT2D eigenvalue weighted by molar-refractivity contribution is 9.10. The van der Waals surface area contributed by atoms with Crippen LogP contribution in [0, 0.1) is 0 Å². The van der Waals surface area contributed by atoms with Gasteiger partial charge in [-0.2, -0.15) is 0 Å². The smallest absolute Gasteiger partial charge is 0.245 e. The molecule has 1 aliphatic rings. The molecule has 0 saturated carbocycles. The number of carbonyl (C=O) groups excluding carboxylic acids is 1. The number of nitrogens with zero attached hydrogens (tertiary/aromatic N) is 1. The van der Waals surface area contributed by atoms with Crippen LogP contribution in [0.2, 0.25) is 0 Å². The third-order valence-corrected chi connectivity index (χ3v) is 3.92. The summed E-state index contributed by atoms with van der Waals surface area (Å²) in [6.07, 6.45) is 0. The minimum Gasteiger partial charge on any atom is -0.392 e. The standard InChI is InChI=1S/C14H19BrN2O3/c1-2-16-14(19)13-9-20-6-5-17(13)12-4-3-10(8-18)7-11(12)15/h3-4,7,13,18H,2,5-6,8-9H2,1H3,(H,16,19). The fourth-order valence-corrected chi connectivity index (χ4v) is 2.94. The lowest BCUT2D eigenvalue weighted by atomic mass is 10.1. The number of halogens is 1. The number of aliphatic hydroxyl groups excluding tert-OH is 1. The molecular weight excluding hydrogens is 324 g/mol. The molecule has 6 heteroatoms. The number of nitrogens with one attached hydrogen (secondary N) is 1. The van der Waals surface area contributed by atoms with E-state index in [0.717, 1.165) is 15.7 Å². The number of morpholine rings is 1. The molecular formula is C14H19BrN2O3. The van der Waals surface area contributed by atoms with Gasteiger partial charge in [0.2, 0.25) is 5.91 Å². The van der Waals surface area contributed by atoms with Gasteiger partial charge in [-0.05, 0) is 40.5 Å². The van der Waals surface area contributed by atoms with E-state index < -0.39 is 0 Å².